The van der Waals surface area contributed by atoms with Crippen LogP contribution in [0.25, 0.3) is 5.70 Å². The van der Waals surface area contributed by atoms with Crippen LogP contribution in [-0.4, -0.2) is 6.21 Å². The number of allylic oxidation sites excluding steroid dienone is 1. The van der Waals surface area contributed by atoms with Gasteiger partial charge >= 0.3 is 0 Å². The molecule has 0 amide bonds. The Hall–Kier alpha value is -1.09. The highest BCUT2D eigenvalue weighted by Crippen LogP contribution is 2.19. The van der Waals surface area contributed by atoms with Crippen molar-refractivity contribution >= 4 is 23.2 Å². The van der Waals surface area contributed by atoms with Gasteiger partial charge in [-0.2, -0.15) is 5.10 Å². The maximum atomic E-state index is 3.92. The molecule has 1 aromatic rings. The highest BCUT2D eigenvalue weighted by Gasteiger charge is 2.04. The Labute approximate surface area is 62.9 Å². The molecule has 0 fully saturated rings. The molecule has 2 nitrogen and oxygen atoms in total. The molecule has 49 valence electrons. The Morgan fingerprint density at radius 1 is 1.40 bits per heavy atom. The summed E-state index contributed by atoms with van der Waals surface area (Å²) in [6.07, 6.45) is 3.61. The van der Waals surface area contributed by atoms with E-state index >= 15 is 0 Å². The Morgan fingerprint density at radius 3 is 3.00 bits per heavy atom. The van der Waals surface area contributed by atoms with Crippen molar-refractivity contribution in [2.75, 3.05) is 0 Å². The monoisotopic (exact) mass is 149 g/mol. The van der Waals surface area contributed by atoms with Crippen molar-refractivity contribution in [2.45, 2.75) is 0 Å². The molecule has 1 aliphatic rings. The van der Waals surface area contributed by atoms with Gasteiger partial charge in [-0.05, 0) is 17.5 Å². The van der Waals surface area contributed by atoms with Gasteiger partial charge in [-0.3, -0.25) is 0 Å². The smallest absolute Gasteiger partial charge is 0.104 e. The van der Waals surface area contributed by atoms with Crippen LogP contribution >= 0.6 is 11.3 Å². The predicted octanol–water partition coefficient (Wildman–Crippen LogP) is 1.69. The quantitative estimate of drug-likeness (QED) is 0.581. The molecule has 2 rings (SSSR count). The lowest BCUT2D eigenvalue weighted by Gasteiger charge is -1.91. The number of rotatable bonds is 1. The Kier molecular flexibility index (Phi) is 1.29. The van der Waals surface area contributed by atoms with Crippen LogP contribution in [0.1, 0.15) is 4.88 Å². The van der Waals surface area contributed by atoms with Crippen LogP contribution in [0.15, 0.2) is 28.7 Å². The zero-order chi connectivity index (χ0) is 6.81. The number of hydrogen-bond donors (Lipinski definition) is 0. The molecule has 1 aliphatic heterocycles. The van der Waals surface area contributed by atoms with Gasteiger partial charge in [0.15, 0.2) is 0 Å². The average molecular weight is 149 g/mol. The summed E-state index contributed by atoms with van der Waals surface area (Å²) in [6.45, 7) is 0. The third kappa shape index (κ3) is 0.844. The molecule has 0 N–H and O–H groups in total. The van der Waals surface area contributed by atoms with E-state index in [0.29, 0.717) is 0 Å². The molecule has 0 saturated carbocycles. The van der Waals surface area contributed by atoms with Gasteiger partial charge in [-0.15, -0.1) is 16.8 Å². The molecule has 0 spiro atoms. The third-order valence-electron chi connectivity index (χ3n) is 1.24. The first-order valence-electron chi connectivity index (χ1n) is 2.95. The summed E-state index contributed by atoms with van der Waals surface area (Å²) in [7, 11) is 0. The van der Waals surface area contributed by atoms with E-state index in [1.165, 1.54) is 4.88 Å². The van der Waals surface area contributed by atoms with Crippen molar-refractivity contribution in [3.05, 3.63) is 28.5 Å². The summed E-state index contributed by atoms with van der Waals surface area (Å²) in [5.74, 6) is 0. The van der Waals surface area contributed by atoms with Crippen LogP contribution in [0, 0.1) is 0 Å². The highest BCUT2D eigenvalue weighted by molar-refractivity contribution is 7.11. The summed E-state index contributed by atoms with van der Waals surface area (Å²) in [4.78, 5) is 1.18. The molecular formula is C7H5N2S. The zero-order valence-corrected chi connectivity index (χ0v) is 6.01. The molecule has 10 heavy (non-hydrogen) atoms. The van der Waals surface area contributed by atoms with Crippen molar-refractivity contribution in [2.24, 2.45) is 5.10 Å². The van der Waals surface area contributed by atoms with Crippen LogP contribution in [0.2, 0.25) is 0 Å². The minimum absolute atomic E-state index is 0.968. The molecule has 1 radical (unpaired) electrons. The summed E-state index contributed by atoms with van der Waals surface area (Å²) in [6, 6.07) is 4.04. The van der Waals surface area contributed by atoms with Crippen LogP contribution in [-0.2, 0) is 0 Å². The van der Waals surface area contributed by atoms with Crippen LogP contribution < -0.4 is 5.43 Å². The fraction of sp³-hybridized carbons (Fsp3) is 0. The van der Waals surface area contributed by atoms with E-state index < -0.39 is 0 Å². The summed E-state index contributed by atoms with van der Waals surface area (Å²) >= 11 is 1.68. The number of hydrogen-bond acceptors (Lipinski definition) is 2. The molecule has 0 aliphatic carbocycles. The fourth-order valence-corrected chi connectivity index (χ4v) is 1.48. The van der Waals surface area contributed by atoms with E-state index in [9.17, 15) is 0 Å². The van der Waals surface area contributed by atoms with E-state index in [2.05, 4.69) is 10.5 Å². The van der Waals surface area contributed by atoms with Gasteiger partial charge < -0.3 is 0 Å². The molecule has 1 aromatic heterocycles. The maximum Gasteiger partial charge on any atom is 0.104 e. The Morgan fingerprint density at radius 2 is 2.40 bits per heavy atom. The molecule has 0 saturated heterocycles. The average Bonchev–Trinajstić information content (AvgIpc) is 2.59. The molecule has 0 atom stereocenters. The maximum absolute atomic E-state index is 3.92. The standard InChI is InChI=1S/C7H5N2S/c1-2-7(10-5-1)6-3-4-8-9-6/h1-5H. The van der Waals surface area contributed by atoms with Crippen molar-refractivity contribution in [3.8, 4) is 0 Å². The van der Waals surface area contributed by atoms with Gasteiger partial charge in [0.2, 0.25) is 0 Å². The molecule has 2 heterocycles. The lowest BCUT2D eigenvalue weighted by Crippen LogP contribution is -1.86. The molecule has 0 unspecified atom stereocenters. The van der Waals surface area contributed by atoms with Crippen LogP contribution in [0.4, 0.5) is 0 Å². The number of thiophene rings is 1. The number of nitrogens with zero attached hydrogens (tertiary/aromatic N) is 2. The van der Waals surface area contributed by atoms with Gasteiger partial charge in [0.1, 0.15) is 5.70 Å². The van der Waals surface area contributed by atoms with E-state index in [-0.39, 0.29) is 0 Å². The largest absolute Gasteiger partial charge is 0.158 e. The normalized spacial score (nSPS) is 15.0. The van der Waals surface area contributed by atoms with E-state index in [4.69, 9.17) is 0 Å². The minimum atomic E-state index is 0.968. The predicted molar refractivity (Wildman–Crippen MR) is 42.9 cm³/mol. The zero-order valence-electron chi connectivity index (χ0n) is 5.19. The van der Waals surface area contributed by atoms with Crippen molar-refractivity contribution in [1.29, 1.82) is 0 Å². The van der Waals surface area contributed by atoms with Crippen molar-refractivity contribution in [3.63, 3.8) is 0 Å². The lowest BCUT2D eigenvalue weighted by molar-refractivity contribution is 1.00. The van der Waals surface area contributed by atoms with Crippen LogP contribution in [0.5, 0.6) is 0 Å². The van der Waals surface area contributed by atoms with Gasteiger partial charge in [0, 0.05) is 0 Å². The fourth-order valence-electron chi connectivity index (χ4n) is 0.789. The molecule has 0 aromatic carbocycles. The van der Waals surface area contributed by atoms with Crippen molar-refractivity contribution in [1.82, 2.24) is 5.43 Å². The van der Waals surface area contributed by atoms with Gasteiger partial charge in [-0.1, -0.05) is 6.07 Å². The van der Waals surface area contributed by atoms with Gasteiger partial charge in [-0.25, -0.2) is 0 Å². The first kappa shape index (κ1) is 5.68. The molecule has 0 bridgehead atoms. The van der Waals surface area contributed by atoms with E-state index in [1.807, 2.05) is 23.6 Å². The van der Waals surface area contributed by atoms with E-state index in [1.54, 1.807) is 17.6 Å². The summed E-state index contributed by atoms with van der Waals surface area (Å²) in [5.41, 5.74) is 4.89. The first-order chi connectivity index (χ1) is 4.97. The topological polar surface area (TPSA) is 26.5 Å². The Balaban J connectivity index is 2.30. The van der Waals surface area contributed by atoms with E-state index in [0.717, 1.165) is 5.70 Å². The second-order valence-electron chi connectivity index (χ2n) is 1.89. The first-order valence-corrected chi connectivity index (χ1v) is 3.83. The lowest BCUT2D eigenvalue weighted by atomic mass is 10.3. The van der Waals surface area contributed by atoms with Crippen molar-refractivity contribution < 1.29 is 0 Å². The van der Waals surface area contributed by atoms with Gasteiger partial charge in [0.05, 0.1) is 11.1 Å². The third-order valence-corrected chi connectivity index (χ3v) is 2.13. The Bertz CT molecular complexity index is 272. The van der Waals surface area contributed by atoms with Crippen LogP contribution in [0.3, 0.4) is 0 Å². The van der Waals surface area contributed by atoms with Gasteiger partial charge in [0.25, 0.3) is 0 Å². The second-order valence-corrected chi connectivity index (χ2v) is 2.84. The summed E-state index contributed by atoms with van der Waals surface area (Å²) < 4.78 is 0. The SMILES string of the molecule is C1=N[N]C(c2cccs2)=C1. The second kappa shape index (κ2) is 2.27. The molecular weight excluding hydrogens is 144 g/mol. The highest BCUT2D eigenvalue weighted by atomic mass is 32.1. The molecule has 3 heteroatoms. The summed E-state index contributed by atoms with van der Waals surface area (Å²) in [5, 5.41) is 5.77. The minimum Gasteiger partial charge on any atom is -0.158 e.